The van der Waals surface area contributed by atoms with E-state index >= 15 is 0 Å². The summed E-state index contributed by atoms with van der Waals surface area (Å²) in [7, 11) is 0. The minimum absolute atomic E-state index is 0.0524. The number of hydrogen-bond donors (Lipinski definition) is 1. The van der Waals surface area contributed by atoms with E-state index < -0.39 is 11.6 Å². The Morgan fingerprint density at radius 2 is 2.12 bits per heavy atom. The fourth-order valence-electron chi connectivity index (χ4n) is 1.25. The Bertz CT molecular complexity index is 358. The molecule has 0 spiro atoms. The van der Waals surface area contributed by atoms with Crippen LogP contribution in [0.5, 0.6) is 0 Å². The topological polar surface area (TPSA) is 12.0 Å². The van der Waals surface area contributed by atoms with Crippen molar-refractivity contribution < 1.29 is 8.78 Å². The molecular formula is C11H13BrClF2N. The molecule has 1 aromatic rings. The Kier molecular flexibility index (Phi) is 5.66. The minimum Gasteiger partial charge on any atom is -0.312 e. The fraction of sp³-hybridized carbons (Fsp3) is 0.455. The number of nitrogens with one attached hydrogen (secondary N) is 1. The van der Waals surface area contributed by atoms with Crippen LogP contribution in [0.2, 0.25) is 0 Å². The molecule has 1 atom stereocenters. The quantitative estimate of drug-likeness (QED) is 0.495. The maximum atomic E-state index is 13.5. The van der Waals surface area contributed by atoms with Gasteiger partial charge in [0.05, 0.1) is 4.47 Å². The molecule has 0 saturated heterocycles. The number of rotatable bonds is 5. The Morgan fingerprint density at radius 3 is 2.75 bits per heavy atom. The number of alkyl halides is 1. The summed E-state index contributed by atoms with van der Waals surface area (Å²) >= 11 is 8.77. The van der Waals surface area contributed by atoms with E-state index in [9.17, 15) is 8.78 Å². The van der Waals surface area contributed by atoms with Gasteiger partial charge in [-0.05, 0) is 48.0 Å². The van der Waals surface area contributed by atoms with Gasteiger partial charge in [0, 0.05) is 17.5 Å². The molecule has 0 radical (unpaired) electrons. The first kappa shape index (κ1) is 13.9. The molecule has 0 fully saturated rings. The van der Waals surface area contributed by atoms with Crippen molar-refractivity contribution in [2.24, 2.45) is 0 Å². The van der Waals surface area contributed by atoms with Crippen molar-refractivity contribution in [2.45, 2.75) is 25.3 Å². The maximum Gasteiger partial charge on any atom is 0.144 e. The van der Waals surface area contributed by atoms with Gasteiger partial charge in [0.1, 0.15) is 11.6 Å². The molecule has 0 saturated carbocycles. The van der Waals surface area contributed by atoms with Crippen LogP contribution in [-0.2, 0) is 6.54 Å². The average Bonchev–Trinajstić information content (AvgIpc) is 2.22. The van der Waals surface area contributed by atoms with E-state index in [-0.39, 0.29) is 22.0 Å². The highest BCUT2D eigenvalue weighted by atomic mass is 79.9. The Labute approximate surface area is 107 Å². The van der Waals surface area contributed by atoms with Crippen molar-refractivity contribution in [3.8, 4) is 0 Å². The molecule has 1 aromatic carbocycles. The van der Waals surface area contributed by atoms with Gasteiger partial charge in [0.15, 0.2) is 0 Å². The summed E-state index contributed by atoms with van der Waals surface area (Å²) in [5.74, 6) is -1.08. The Morgan fingerprint density at radius 1 is 1.44 bits per heavy atom. The fourth-order valence-corrected chi connectivity index (χ4v) is 1.73. The molecule has 0 aliphatic carbocycles. The first-order chi connectivity index (χ1) is 7.52. The molecule has 1 rings (SSSR count). The predicted molar refractivity (Wildman–Crippen MR) is 65.7 cm³/mol. The first-order valence-corrected chi connectivity index (χ1v) is 6.22. The summed E-state index contributed by atoms with van der Waals surface area (Å²) in [5, 5.41) is 3.02. The number of halogens is 4. The van der Waals surface area contributed by atoms with Gasteiger partial charge in [-0.3, -0.25) is 0 Å². The Balaban J connectivity index is 2.56. The highest BCUT2D eigenvalue weighted by molar-refractivity contribution is 9.10. The lowest BCUT2D eigenvalue weighted by Crippen LogP contribution is -2.18. The molecule has 0 aromatic heterocycles. The smallest absolute Gasteiger partial charge is 0.144 e. The van der Waals surface area contributed by atoms with Crippen molar-refractivity contribution in [2.75, 3.05) is 6.54 Å². The van der Waals surface area contributed by atoms with E-state index in [2.05, 4.69) is 21.2 Å². The lowest BCUT2D eigenvalue weighted by atomic mass is 10.2. The average molecular weight is 313 g/mol. The zero-order valence-corrected chi connectivity index (χ0v) is 11.2. The van der Waals surface area contributed by atoms with Crippen molar-refractivity contribution in [1.82, 2.24) is 5.32 Å². The zero-order valence-electron chi connectivity index (χ0n) is 8.87. The molecule has 0 bridgehead atoms. The van der Waals surface area contributed by atoms with Crippen molar-refractivity contribution in [3.63, 3.8) is 0 Å². The van der Waals surface area contributed by atoms with E-state index in [4.69, 9.17) is 11.6 Å². The summed E-state index contributed by atoms with van der Waals surface area (Å²) < 4.78 is 27.1. The summed E-state index contributed by atoms with van der Waals surface area (Å²) in [6.07, 6.45) is 0.763. The largest absolute Gasteiger partial charge is 0.312 e. The maximum absolute atomic E-state index is 13.5. The van der Waals surface area contributed by atoms with Crippen LogP contribution in [0.15, 0.2) is 16.6 Å². The van der Waals surface area contributed by atoms with Gasteiger partial charge in [0.2, 0.25) is 0 Å². The van der Waals surface area contributed by atoms with Gasteiger partial charge in [-0.15, -0.1) is 11.6 Å². The first-order valence-electron chi connectivity index (χ1n) is 4.99. The molecule has 0 amide bonds. The van der Waals surface area contributed by atoms with Crippen LogP contribution in [0.25, 0.3) is 0 Å². The Hall–Kier alpha value is -0.190. The van der Waals surface area contributed by atoms with Crippen molar-refractivity contribution >= 4 is 27.5 Å². The van der Waals surface area contributed by atoms with Gasteiger partial charge < -0.3 is 5.32 Å². The van der Waals surface area contributed by atoms with E-state index in [0.29, 0.717) is 6.54 Å². The highest BCUT2D eigenvalue weighted by Crippen LogP contribution is 2.21. The molecule has 5 heteroatoms. The SMILES string of the molecule is CC(Cl)CCNCc1c(F)ccc(Br)c1F. The van der Waals surface area contributed by atoms with Crippen molar-refractivity contribution in [3.05, 3.63) is 33.8 Å². The number of benzene rings is 1. The minimum atomic E-state index is -0.550. The van der Waals surface area contributed by atoms with Crippen molar-refractivity contribution in [1.29, 1.82) is 0 Å². The normalized spacial score (nSPS) is 12.8. The van der Waals surface area contributed by atoms with E-state index in [0.717, 1.165) is 6.42 Å². The standard InChI is InChI=1S/C11H13BrClF2N/c1-7(13)4-5-16-6-8-10(14)3-2-9(12)11(8)15/h2-3,7,16H,4-6H2,1H3. The second-order valence-electron chi connectivity index (χ2n) is 3.57. The third-order valence-electron chi connectivity index (χ3n) is 2.16. The van der Waals surface area contributed by atoms with Crippen LogP contribution in [-0.4, -0.2) is 11.9 Å². The molecule has 1 unspecified atom stereocenters. The second-order valence-corrected chi connectivity index (χ2v) is 5.17. The van der Waals surface area contributed by atoms with Gasteiger partial charge in [-0.2, -0.15) is 0 Å². The van der Waals surface area contributed by atoms with E-state index in [1.807, 2.05) is 6.92 Å². The molecule has 90 valence electrons. The van der Waals surface area contributed by atoms with Crippen LogP contribution in [0.3, 0.4) is 0 Å². The van der Waals surface area contributed by atoms with E-state index in [1.165, 1.54) is 12.1 Å². The summed E-state index contributed by atoms with van der Waals surface area (Å²) in [5.41, 5.74) is 0.0524. The molecular weight excluding hydrogens is 299 g/mol. The molecule has 0 heterocycles. The van der Waals surface area contributed by atoms with Crippen LogP contribution in [0, 0.1) is 11.6 Å². The molecule has 1 nitrogen and oxygen atoms in total. The van der Waals surface area contributed by atoms with Gasteiger partial charge in [-0.1, -0.05) is 0 Å². The van der Waals surface area contributed by atoms with Crippen LogP contribution >= 0.6 is 27.5 Å². The predicted octanol–water partition coefficient (Wildman–Crippen LogP) is 3.83. The molecule has 0 aliphatic rings. The monoisotopic (exact) mass is 311 g/mol. The van der Waals surface area contributed by atoms with E-state index in [1.54, 1.807) is 0 Å². The number of hydrogen-bond acceptors (Lipinski definition) is 1. The zero-order chi connectivity index (χ0) is 12.1. The van der Waals surface area contributed by atoms with Gasteiger partial charge in [-0.25, -0.2) is 8.78 Å². The molecule has 16 heavy (non-hydrogen) atoms. The lowest BCUT2D eigenvalue weighted by molar-refractivity contribution is 0.529. The highest BCUT2D eigenvalue weighted by Gasteiger charge is 2.11. The van der Waals surface area contributed by atoms with Crippen LogP contribution in [0.1, 0.15) is 18.9 Å². The third-order valence-corrected chi connectivity index (χ3v) is 2.99. The summed E-state index contributed by atoms with van der Waals surface area (Å²) in [4.78, 5) is 0. The summed E-state index contributed by atoms with van der Waals surface area (Å²) in [6.45, 7) is 2.68. The molecule has 1 N–H and O–H groups in total. The van der Waals surface area contributed by atoms with Crippen LogP contribution in [0.4, 0.5) is 8.78 Å². The van der Waals surface area contributed by atoms with Gasteiger partial charge >= 0.3 is 0 Å². The van der Waals surface area contributed by atoms with Crippen LogP contribution < -0.4 is 5.32 Å². The lowest BCUT2D eigenvalue weighted by Gasteiger charge is -2.08. The second kappa shape index (κ2) is 6.52. The van der Waals surface area contributed by atoms with Gasteiger partial charge in [0.25, 0.3) is 0 Å². The molecule has 0 aliphatic heterocycles. The third kappa shape index (κ3) is 4.00. The summed E-state index contributed by atoms with van der Waals surface area (Å²) in [6, 6.07) is 2.60.